The molecule has 6 heteroatoms. The maximum atomic E-state index is 11.0. The minimum absolute atomic E-state index is 0.110. The Morgan fingerprint density at radius 2 is 1.83 bits per heavy atom. The van der Waals surface area contributed by atoms with Gasteiger partial charge in [0, 0.05) is 11.7 Å². The van der Waals surface area contributed by atoms with E-state index in [9.17, 15) is 8.42 Å². The molecule has 4 N–H and O–H groups in total. The summed E-state index contributed by atoms with van der Waals surface area (Å²) in [4.78, 5) is 0. The van der Waals surface area contributed by atoms with Crippen molar-refractivity contribution in [2.45, 2.75) is 24.6 Å². The second kappa shape index (κ2) is 5.69. The highest BCUT2D eigenvalue weighted by atomic mass is 32.2. The third-order valence-corrected chi connectivity index (χ3v) is 3.77. The predicted octanol–water partition coefficient (Wildman–Crippen LogP) is 0.639. The zero-order valence-electron chi connectivity index (χ0n) is 10.2. The van der Waals surface area contributed by atoms with Crippen molar-refractivity contribution < 1.29 is 8.42 Å². The SMILES string of the molecule is NS(=O)(=O)Cc1ccc(NC2CCNCC2)cc1. The van der Waals surface area contributed by atoms with Crippen molar-refractivity contribution >= 4 is 15.7 Å². The van der Waals surface area contributed by atoms with Crippen LogP contribution >= 0.6 is 0 Å². The summed E-state index contributed by atoms with van der Waals surface area (Å²) in [6.07, 6.45) is 2.22. The number of nitrogens with two attached hydrogens (primary N) is 1. The van der Waals surface area contributed by atoms with Crippen LogP contribution in [-0.2, 0) is 15.8 Å². The summed E-state index contributed by atoms with van der Waals surface area (Å²) in [7, 11) is -3.45. The molecule has 1 aliphatic rings. The van der Waals surface area contributed by atoms with Crippen molar-refractivity contribution in [2.75, 3.05) is 18.4 Å². The average molecular weight is 269 g/mol. The lowest BCUT2D eigenvalue weighted by molar-refractivity contribution is 0.479. The smallest absolute Gasteiger partial charge is 0.213 e. The van der Waals surface area contributed by atoms with E-state index in [2.05, 4.69) is 10.6 Å². The highest BCUT2D eigenvalue weighted by Crippen LogP contribution is 2.15. The van der Waals surface area contributed by atoms with Gasteiger partial charge in [-0.15, -0.1) is 0 Å². The van der Waals surface area contributed by atoms with E-state index in [1.165, 1.54) is 0 Å². The van der Waals surface area contributed by atoms with Gasteiger partial charge in [0.25, 0.3) is 0 Å². The molecule has 1 saturated heterocycles. The maximum Gasteiger partial charge on any atom is 0.213 e. The Hall–Kier alpha value is -1.11. The van der Waals surface area contributed by atoms with E-state index in [0.717, 1.165) is 31.6 Å². The predicted molar refractivity (Wildman–Crippen MR) is 72.8 cm³/mol. The number of sulfonamides is 1. The van der Waals surface area contributed by atoms with Crippen LogP contribution in [-0.4, -0.2) is 27.5 Å². The first-order valence-electron chi connectivity index (χ1n) is 6.09. The minimum atomic E-state index is -3.45. The third-order valence-electron chi connectivity index (χ3n) is 3.03. The molecule has 0 radical (unpaired) electrons. The molecule has 0 aromatic heterocycles. The summed E-state index contributed by atoms with van der Waals surface area (Å²) in [5, 5.41) is 11.8. The van der Waals surface area contributed by atoms with Gasteiger partial charge in [0.1, 0.15) is 0 Å². The van der Waals surface area contributed by atoms with Crippen LogP contribution in [0.25, 0.3) is 0 Å². The second-order valence-corrected chi connectivity index (χ2v) is 6.29. The van der Waals surface area contributed by atoms with Crippen molar-refractivity contribution in [3.05, 3.63) is 29.8 Å². The van der Waals surface area contributed by atoms with Crippen LogP contribution in [0.15, 0.2) is 24.3 Å². The van der Waals surface area contributed by atoms with E-state index in [-0.39, 0.29) is 5.75 Å². The Labute approximate surface area is 108 Å². The molecular formula is C12H19N3O2S. The van der Waals surface area contributed by atoms with E-state index < -0.39 is 10.0 Å². The fraction of sp³-hybridized carbons (Fsp3) is 0.500. The number of primary sulfonamides is 1. The standard InChI is InChI=1S/C12H19N3O2S/c13-18(16,17)9-10-1-3-11(4-2-10)15-12-5-7-14-8-6-12/h1-4,12,14-15H,5-9H2,(H2,13,16,17). The second-order valence-electron chi connectivity index (χ2n) is 4.67. The summed E-state index contributed by atoms with van der Waals surface area (Å²) in [5.74, 6) is -0.110. The van der Waals surface area contributed by atoms with E-state index in [1.54, 1.807) is 12.1 Å². The van der Waals surface area contributed by atoms with Gasteiger partial charge in [0.15, 0.2) is 0 Å². The lowest BCUT2D eigenvalue weighted by atomic mass is 10.1. The molecule has 2 rings (SSSR count). The first kappa shape index (κ1) is 13.3. The fourth-order valence-corrected chi connectivity index (χ4v) is 2.79. The fourth-order valence-electron chi connectivity index (χ4n) is 2.13. The minimum Gasteiger partial charge on any atom is -0.382 e. The molecule has 1 fully saturated rings. The van der Waals surface area contributed by atoms with Crippen LogP contribution in [0.4, 0.5) is 5.69 Å². The lowest BCUT2D eigenvalue weighted by Crippen LogP contribution is -2.35. The van der Waals surface area contributed by atoms with Crippen LogP contribution in [0, 0.1) is 0 Å². The third kappa shape index (κ3) is 4.29. The Morgan fingerprint density at radius 3 is 2.39 bits per heavy atom. The Bertz CT molecular complexity index is 479. The van der Waals surface area contributed by atoms with Crippen LogP contribution in [0.3, 0.4) is 0 Å². The van der Waals surface area contributed by atoms with Gasteiger partial charge in [0.2, 0.25) is 10.0 Å². The van der Waals surface area contributed by atoms with Crippen molar-refractivity contribution in [3.63, 3.8) is 0 Å². The molecule has 100 valence electrons. The number of hydrogen-bond donors (Lipinski definition) is 3. The van der Waals surface area contributed by atoms with Crippen LogP contribution in [0.2, 0.25) is 0 Å². The molecule has 0 unspecified atom stereocenters. The quantitative estimate of drug-likeness (QED) is 0.749. The van der Waals surface area contributed by atoms with Crippen molar-refractivity contribution in [3.8, 4) is 0 Å². The molecule has 0 aliphatic carbocycles. The molecule has 0 atom stereocenters. The zero-order valence-corrected chi connectivity index (χ0v) is 11.0. The maximum absolute atomic E-state index is 11.0. The highest BCUT2D eigenvalue weighted by Gasteiger charge is 2.12. The van der Waals surface area contributed by atoms with Gasteiger partial charge >= 0.3 is 0 Å². The first-order chi connectivity index (χ1) is 8.53. The normalized spacial score (nSPS) is 17.6. The first-order valence-corrected chi connectivity index (χ1v) is 7.81. The van der Waals surface area contributed by atoms with Gasteiger partial charge in [-0.2, -0.15) is 0 Å². The molecule has 1 aromatic rings. The Kier molecular flexibility index (Phi) is 4.21. The molecule has 0 amide bonds. The summed E-state index contributed by atoms with van der Waals surface area (Å²) in [6.45, 7) is 2.09. The molecule has 0 bridgehead atoms. The number of nitrogens with one attached hydrogen (secondary N) is 2. The summed E-state index contributed by atoms with van der Waals surface area (Å²) in [5.41, 5.74) is 1.74. The van der Waals surface area contributed by atoms with E-state index >= 15 is 0 Å². The van der Waals surface area contributed by atoms with Gasteiger partial charge in [-0.25, -0.2) is 13.6 Å². The van der Waals surface area contributed by atoms with Gasteiger partial charge in [-0.3, -0.25) is 0 Å². The van der Waals surface area contributed by atoms with E-state index in [4.69, 9.17) is 5.14 Å². The molecular weight excluding hydrogens is 250 g/mol. The van der Waals surface area contributed by atoms with Gasteiger partial charge in [0.05, 0.1) is 5.75 Å². The Morgan fingerprint density at radius 1 is 1.22 bits per heavy atom. The molecule has 5 nitrogen and oxygen atoms in total. The molecule has 0 spiro atoms. The molecule has 1 heterocycles. The summed E-state index contributed by atoms with van der Waals surface area (Å²) >= 11 is 0. The Balaban J connectivity index is 1.94. The van der Waals surface area contributed by atoms with Crippen molar-refractivity contribution in [2.24, 2.45) is 5.14 Å². The molecule has 0 saturated carbocycles. The van der Waals surface area contributed by atoms with Crippen LogP contribution in [0.5, 0.6) is 0 Å². The van der Waals surface area contributed by atoms with Gasteiger partial charge in [-0.05, 0) is 43.6 Å². The largest absolute Gasteiger partial charge is 0.382 e. The topological polar surface area (TPSA) is 84.2 Å². The van der Waals surface area contributed by atoms with Gasteiger partial charge in [-0.1, -0.05) is 12.1 Å². The monoisotopic (exact) mass is 269 g/mol. The average Bonchev–Trinajstić information content (AvgIpc) is 2.31. The number of rotatable bonds is 4. The number of hydrogen-bond acceptors (Lipinski definition) is 4. The van der Waals surface area contributed by atoms with E-state index in [1.807, 2.05) is 12.1 Å². The summed E-state index contributed by atoms with van der Waals surface area (Å²) < 4.78 is 21.9. The highest BCUT2D eigenvalue weighted by molar-refractivity contribution is 7.88. The van der Waals surface area contributed by atoms with Crippen molar-refractivity contribution in [1.29, 1.82) is 0 Å². The number of anilines is 1. The van der Waals surface area contributed by atoms with Crippen LogP contribution in [0.1, 0.15) is 18.4 Å². The molecule has 18 heavy (non-hydrogen) atoms. The zero-order chi connectivity index (χ0) is 13.0. The number of benzene rings is 1. The molecule has 1 aliphatic heterocycles. The summed E-state index contributed by atoms with van der Waals surface area (Å²) in [6, 6.07) is 7.91. The van der Waals surface area contributed by atoms with E-state index in [0.29, 0.717) is 11.6 Å². The van der Waals surface area contributed by atoms with Crippen LogP contribution < -0.4 is 15.8 Å². The lowest BCUT2D eigenvalue weighted by Gasteiger charge is -2.24. The number of piperidine rings is 1. The van der Waals surface area contributed by atoms with Gasteiger partial charge < -0.3 is 10.6 Å². The molecule has 1 aromatic carbocycles. The van der Waals surface area contributed by atoms with Crippen molar-refractivity contribution in [1.82, 2.24) is 5.32 Å².